The van der Waals surface area contributed by atoms with Crippen molar-refractivity contribution in [2.24, 2.45) is 0 Å². The molecule has 0 aliphatic heterocycles. The zero-order valence-electron chi connectivity index (χ0n) is 14.2. The first-order valence-corrected chi connectivity index (χ1v) is 8.14. The van der Waals surface area contributed by atoms with Crippen LogP contribution in [0.25, 0.3) is 0 Å². The van der Waals surface area contributed by atoms with Crippen LogP contribution in [0.3, 0.4) is 0 Å². The number of aromatic nitrogens is 2. The SMILES string of the molecule is CC(C(=O)N(C)C(c1ccccc1)c1ccc(F)cc1)n1cccn1. The quantitative estimate of drug-likeness (QED) is 0.710. The molecular weight excluding hydrogens is 317 g/mol. The molecule has 3 rings (SSSR count). The van der Waals surface area contributed by atoms with E-state index in [1.165, 1.54) is 12.1 Å². The third kappa shape index (κ3) is 3.60. The number of carbonyl (C=O) groups excluding carboxylic acids is 1. The predicted molar refractivity (Wildman–Crippen MR) is 94.4 cm³/mol. The van der Waals surface area contributed by atoms with Gasteiger partial charge in [0.25, 0.3) is 0 Å². The molecule has 1 heterocycles. The van der Waals surface area contributed by atoms with Gasteiger partial charge in [0.05, 0.1) is 6.04 Å². The van der Waals surface area contributed by atoms with Crippen molar-refractivity contribution < 1.29 is 9.18 Å². The van der Waals surface area contributed by atoms with Gasteiger partial charge in [0.2, 0.25) is 5.91 Å². The second-order valence-corrected chi connectivity index (χ2v) is 5.98. The highest BCUT2D eigenvalue weighted by Gasteiger charge is 2.27. The van der Waals surface area contributed by atoms with E-state index in [2.05, 4.69) is 5.10 Å². The van der Waals surface area contributed by atoms with Crippen molar-refractivity contribution in [1.29, 1.82) is 0 Å². The van der Waals surface area contributed by atoms with Crippen LogP contribution >= 0.6 is 0 Å². The number of halogens is 1. The number of amides is 1. The van der Waals surface area contributed by atoms with Crippen LogP contribution in [0, 0.1) is 5.82 Å². The summed E-state index contributed by atoms with van der Waals surface area (Å²) in [6, 6.07) is 17.1. The van der Waals surface area contributed by atoms with E-state index >= 15 is 0 Å². The van der Waals surface area contributed by atoms with Crippen molar-refractivity contribution in [3.05, 3.63) is 90.0 Å². The van der Waals surface area contributed by atoms with Gasteiger partial charge in [-0.1, -0.05) is 42.5 Å². The van der Waals surface area contributed by atoms with Gasteiger partial charge in [-0.05, 0) is 36.2 Å². The van der Waals surface area contributed by atoms with Crippen molar-refractivity contribution in [1.82, 2.24) is 14.7 Å². The highest BCUT2D eigenvalue weighted by atomic mass is 19.1. The third-order valence-corrected chi connectivity index (χ3v) is 4.32. The summed E-state index contributed by atoms with van der Waals surface area (Å²) >= 11 is 0. The molecule has 0 aliphatic rings. The minimum Gasteiger partial charge on any atom is -0.333 e. The number of likely N-dealkylation sites (N-methyl/N-ethyl adjacent to an activating group) is 1. The molecule has 0 radical (unpaired) electrons. The Kier molecular flexibility index (Phi) is 4.93. The monoisotopic (exact) mass is 337 g/mol. The molecule has 0 N–H and O–H groups in total. The van der Waals surface area contributed by atoms with Gasteiger partial charge in [-0.3, -0.25) is 9.48 Å². The number of rotatable bonds is 5. The van der Waals surface area contributed by atoms with Gasteiger partial charge in [-0.25, -0.2) is 4.39 Å². The Morgan fingerprint density at radius 1 is 1.04 bits per heavy atom. The molecule has 2 unspecified atom stereocenters. The van der Waals surface area contributed by atoms with Crippen LogP contribution in [0.2, 0.25) is 0 Å². The first-order valence-electron chi connectivity index (χ1n) is 8.14. The molecule has 0 saturated carbocycles. The second-order valence-electron chi connectivity index (χ2n) is 5.98. The Bertz CT molecular complexity index is 816. The number of hydrogen-bond acceptors (Lipinski definition) is 2. The maximum absolute atomic E-state index is 13.3. The van der Waals surface area contributed by atoms with E-state index in [1.54, 1.807) is 47.2 Å². The lowest BCUT2D eigenvalue weighted by molar-refractivity contribution is -0.134. The number of benzene rings is 2. The van der Waals surface area contributed by atoms with Crippen LogP contribution in [-0.2, 0) is 4.79 Å². The summed E-state index contributed by atoms with van der Waals surface area (Å²) in [5, 5.41) is 4.16. The van der Waals surface area contributed by atoms with Gasteiger partial charge < -0.3 is 4.90 Å². The Morgan fingerprint density at radius 2 is 1.68 bits per heavy atom. The fourth-order valence-corrected chi connectivity index (χ4v) is 2.96. The summed E-state index contributed by atoms with van der Waals surface area (Å²) in [6.07, 6.45) is 3.42. The standard InChI is InChI=1S/C20H20FN3O/c1-15(24-14-6-13-22-24)20(25)23(2)19(16-7-4-3-5-8-16)17-9-11-18(21)12-10-17/h3-15,19H,1-2H3. The molecule has 4 nitrogen and oxygen atoms in total. The summed E-state index contributed by atoms with van der Waals surface area (Å²) in [5.41, 5.74) is 1.83. The van der Waals surface area contributed by atoms with Gasteiger partial charge >= 0.3 is 0 Å². The van der Waals surface area contributed by atoms with Crippen molar-refractivity contribution in [3.8, 4) is 0 Å². The largest absolute Gasteiger partial charge is 0.333 e. The molecule has 2 atom stereocenters. The molecule has 0 bridgehead atoms. The Balaban J connectivity index is 1.96. The molecule has 5 heteroatoms. The molecule has 1 aromatic heterocycles. The van der Waals surface area contributed by atoms with Crippen LogP contribution in [-0.4, -0.2) is 27.6 Å². The lowest BCUT2D eigenvalue weighted by atomic mass is 9.97. The second kappa shape index (κ2) is 7.30. The van der Waals surface area contributed by atoms with Gasteiger partial charge in [-0.2, -0.15) is 5.10 Å². The topological polar surface area (TPSA) is 38.1 Å². The zero-order valence-corrected chi connectivity index (χ0v) is 14.2. The Morgan fingerprint density at radius 3 is 2.28 bits per heavy atom. The first kappa shape index (κ1) is 16.9. The molecule has 0 fully saturated rings. The van der Waals surface area contributed by atoms with E-state index in [9.17, 15) is 9.18 Å². The van der Waals surface area contributed by atoms with Crippen molar-refractivity contribution in [2.45, 2.75) is 19.0 Å². The molecule has 0 saturated heterocycles. The minimum atomic E-state index is -0.424. The summed E-state index contributed by atoms with van der Waals surface area (Å²) < 4.78 is 15.0. The van der Waals surface area contributed by atoms with Crippen LogP contribution in [0.15, 0.2) is 73.1 Å². The average Bonchev–Trinajstić information content (AvgIpc) is 3.18. The van der Waals surface area contributed by atoms with E-state index in [4.69, 9.17) is 0 Å². The van der Waals surface area contributed by atoms with E-state index < -0.39 is 6.04 Å². The molecular formula is C20H20FN3O. The molecule has 2 aromatic carbocycles. The normalized spacial score (nSPS) is 13.2. The minimum absolute atomic E-state index is 0.0677. The lowest BCUT2D eigenvalue weighted by Crippen LogP contribution is -2.36. The van der Waals surface area contributed by atoms with Crippen LogP contribution in [0.4, 0.5) is 4.39 Å². The maximum Gasteiger partial charge on any atom is 0.247 e. The molecule has 1 amide bonds. The lowest BCUT2D eigenvalue weighted by Gasteiger charge is -2.31. The fourth-order valence-electron chi connectivity index (χ4n) is 2.96. The van der Waals surface area contributed by atoms with Crippen LogP contribution < -0.4 is 0 Å². The van der Waals surface area contributed by atoms with Gasteiger partial charge in [0.1, 0.15) is 11.9 Å². The Hall–Kier alpha value is -2.95. The summed E-state index contributed by atoms with van der Waals surface area (Å²) in [6.45, 7) is 1.82. The molecule has 25 heavy (non-hydrogen) atoms. The van der Waals surface area contributed by atoms with Crippen molar-refractivity contribution in [3.63, 3.8) is 0 Å². The van der Waals surface area contributed by atoms with E-state index in [0.717, 1.165) is 11.1 Å². The van der Waals surface area contributed by atoms with Crippen molar-refractivity contribution >= 4 is 5.91 Å². The summed E-state index contributed by atoms with van der Waals surface area (Å²) in [7, 11) is 1.77. The predicted octanol–water partition coefficient (Wildman–Crippen LogP) is 3.83. The molecule has 3 aromatic rings. The number of nitrogens with zero attached hydrogens (tertiary/aromatic N) is 3. The average molecular weight is 337 g/mol. The van der Waals surface area contributed by atoms with Gasteiger partial charge in [-0.15, -0.1) is 0 Å². The fraction of sp³-hybridized carbons (Fsp3) is 0.200. The van der Waals surface area contributed by atoms with Crippen LogP contribution in [0.1, 0.15) is 30.1 Å². The molecule has 128 valence electrons. The van der Waals surface area contributed by atoms with Crippen molar-refractivity contribution in [2.75, 3.05) is 7.05 Å². The van der Waals surface area contributed by atoms with Crippen LogP contribution in [0.5, 0.6) is 0 Å². The van der Waals surface area contributed by atoms with E-state index in [-0.39, 0.29) is 17.8 Å². The van der Waals surface area contributed by atoms with Gasteiger partial charge in [0.15, 0.2) is 0 Å². The maximum atomic E-state index is 13.3. The zero-order chi connectivity index (χ0) is 17.8. The highest BCUT2D eigenvalue weighted by molar-refractivity contribution is 5.80. The third-order valence-electron chi connectivity index (χ3n) is 4.32. The Labute approximate surface area is 146 Å². The first-order chi connectivity index (χ1) is 12.1. The summed E-state index contributed by atoms with van der Waals surface area (Å²) in [4.78, 5) is 14.7. The molecule has 0 spiro atoms. The van der Waals surface area contributed by atoms with E-state index in [1.807, 2.05) is 37.3 Å². The summed E-state index contributed by atoms with van der Waals surface area (Å²) in [5.74, 6) is -0.365. The van der Waals surface area contributed by atoms with Gasteiger partial charge in [0, 0.05) is 19.4 Å². The highest BCUT2D eigenvalue weighted by Crippen LogP contribution is 2.29. The van der Waals surface area contributed by atoms with E-state index in [0.29, 0.717) is 0 Å². The molecule has 0 aliphatic carbocycles. The number of carbonyl (C=O) groups is 1. The number of hydrogen-bond donors (Lipinski definition) is 0. The smallest absolute Gasteiger partial charge is 0.247 e.